The quantitative estimate of drug-likeness (QED) is 0.348. The molecule has 0 aliphatic heterocycles. The molecule has 0 spiro atoms. The predicted octanol–water partition coefficient (Wildman–Crippen LogP) is 6.22. The largest absolute Gasteiger partial charge is 0.496 e. The molecule has 0 amide bonds. The monoisotopic (exact) mass is 390 g/mol. The molecule has 0 aliphatic carbocycles. The summed E-state index contributed by atoms with van der Waals surface area (Å²) >= 11 is 1.45. The fourth-order valence-corrected chi connectivity index (χ4v) is 3.18. The van der Waals surface area contributed by atoms with Gasteiger partial charge < -0.3 is 4.74 Å². The van der Waals surface area contributed by atoms with Gasteiger partial charge in [0.15, 0.2) is 23.3 Å². The molecule has 1 nitrogen and oxygen atoms in total. The average Bonchev–Trinajstić information content (AvgIpc) is 2.57. The van der Waals surface area contributed by atoms with Crippen LogP contribution in [0.1, 0.15) is 31.9 Å². The van der Waals surface area contributed by atoms with Crippen LogP contribution >= 0.6 is 11.8 Å². The van der Waals surface area contributed by atoms with Crippen molar-refractivity contribution in [1.29, 1.82) is 0 Å². The fourth-order valence-electron chi connectivity index (χ4n) is 2.65. The van der Waals surface area contributed by atoms with E-state index in [0.717, 1.165) is 0 Å². The summed E-state index contributed by atoms with van der Waals surface area (Å²) in [6.07, 6.45) is 1.83. The number of hydrogen-bond donors (Lipinski definition) is 0. The van der Waals surface area contributed by atoms with Crippen LogP contribution in [0.2, 0.25) is 0 Å². The first kappa shape index (κ1) is 20.6. The Morgan fingerprint density at radius 3 is 1.81 bits per heavy atom. The highest BCUT2D eigenvalue weighted by Gasteiger charge is 2.30. The molecule has 2 aromatic rings. The Hall–Kier alpha value is -1.76. The first-order chi connectivity index (χ1) is 12.0. The normalized spacial score (nSPS) is 11.8. The topological polar surface area (TPSA) is 9.23 Å². The summed E-state index contributed by atoms with van der Waals surface area (Å²) in [4.78, 5) is 0. The van der Waals surface area contributed by atoms with Crippen molar-refractivity contribution < 1.29 is 26.7 Å². The Bertz CT molecular complexity index is 814. The Labute approximate surface area is 153 Å². The van der Waals surface area contributed by atoms with Crippen LogP contribution in [0.4, 0.5) is 22.0 Å². The van der Waals surface area contributed by atoms with Gasteiger partial charge >= 0.3 is 0 Å². The highest BCUT2D eigenvalue weighted by Crippen LogP contribution is 2.42. The Kier molecular flexibility index (Phi) is 5.90. The molecule has 0 saturated carbocycles. The fraction of sp³-hybridized carbons (Fsp3) is 0.368. The number of ether oxygens (including phenoxy) is 1. The van der Waals surface area contributed by atoms with E-state index in [4.69, 9.17) is 4.74 Å². The minimum absolute atomic E-state index is 0.0931. The van der Waals surface area contributed by atoms with E-state index in [2.05, 4.69) is 0 Å². The van der Waals surface area contributed by atoms with Gasteiger partial charge in [0.2, 0.25) is 5.82 Å². The van der Waals surface area contributed by atoms with E-state index in [1.165, 1.54) is 24.9 Å². The molecular formula is C19H19F5OS. The van der Waals surface area contributed by atoms with Gasteiger partial charge in [0.1, 0.15) is 5.75 Å². The van der Waals surface area contributed by atoms with Gasteiger partial charge in [0.25, 0.3) is 0 Å². The Morgan fingerprint density at radius 2 is 1.38 bits per heavy atom. The third-order valence-corrected chi connectivity index (χ3v) is 4.61. The molecular weight excluding hydrogens is 371 g/mol. The smallest absolute Gasteiger partial charge is 0.200 e. The van der Waals surface area contributed by atoms with E-state index in [1.54, 1.807) is 0 Å². The summed E-state index contributed by atoms with van der Waals surface area (Å²) in [5.74, 6) is -9.34. The molecule has 0 fully saturated rings. The van der Waals surface area contributed by atoms with Gasteiger partial charge in [-0.2, -0.15) is 11.8 Å². The van der Waals surface area contributed by atoms with Crippen molar-refractivity contribution in [2.75, 3.05) is 13.4 Å². The molecule has 0 aliphatic rings. The predicted molar refractivity (Wildman–Crippen MR) is 94.1 cm³/mol. The van der Waals surface area contributed by atoms with Gasteiger partial charge in [-0.05, 0) is 23.3 Å². The van der Waals surface area contributed by atoms with Crippen LogP contribution in [0.3, 0.4) is 0 Å². The zero-order valence-corrected chi connectivity index (χ0v) is 15.9. The molecule has 0 N–H and O–H groups in total. The van der Waals surface area contributed by atoms with Gasteiger partial charge in [-0.3, -0.25) is 0 Å². The van der Waals surface area contributed by atoms with Crippen molar-refractivity contribution in [2.24, 2.45) is 0 Å². The summed E-state index contributed by atoms with van der Waals surface area (Å²) in [7, 11) is 1.30. The molecule has 0 aromatic heterocycles. The highest BCUT2D eigenvalue weighted by molar-refractivity contribution is 7.97. The molecule has 0 unspecified atom stereocenters. The van der Waals surface area contributed by atoms with E-state index in [0.29, 0.717) is 16.9 Å². The Morgan fingerprint density at radius 1 is 0.885 bits per heavy atom. The lowest BCUT2D eigenvalue weighted by Crippen LogP contribution is -2.13. The Balaban J connectivity index is 2.96. The SMILES string of the molecule is COc1c(CSC)cc(C(C)(C)C)cc1-c1c(F)c(F)c(F)c(F)c1F. The molecule has 0 bridgehead atoms. The molecule has 0 saturated heterocycles. The van der Waals surface area contributed by atoms with Gasteiger partial charge in [-0.25, -0.2) is 22.0 Å². The van der Waals surface area contributed by atoms with Crippen molar-refractivity contribution in [2.45, 2.75) is 31.9 Å². The lowest BCUT2D eigenvalue weighted by Gasteiger charge is -2.24. The van der Waals surface area contributed by atoms with E-state index in [9.17, 15) is 22.0 Å². The van der Waals surface area contributed by atoms with E-state index >= 15 is 0 Å². The van der Waals surface area contributed by atoms with Crippen LogP contribution in [-0.2, 0) is 11.2 Å². The molecule has 0 atom stereocenters. The lowest BCUT2D eigenvalue weighted by molar-refractivity contribution is 0.379. The lowest BCUT2D eigenvalue weighted by atomic mass is 9.83. The standard InChI is InChI=1S/C19H19F5OS/c1-19(2,3)10-6-9(8-26-5)18(25-4)11(7-10)12-13(20)15(22)17(24)16(23)14(12)21/h6-7H,8H2,1-5H3. The minimum atomic E-state index is -2.18. The summed E-state index contributed by atoms with van der Waals surface area (Å²) in [6.45, 7) is 5.67. The average molecular weight is 390 g/mol. The maximum atomic E-state index is 14.4. The van der Waals surface area contributed by atoms with E-state index < -0.39 is 40.1 Å². The minimum Gasteiger partial charge on any atom is -0.496 e. The first-order valence-corrected chi connectivity index (χ1v) is 9.16. The summed E-state index contributed by atoms with van der Waals surface area (Å²) < 4.78 is 74.8. The number of halogens is 5. The van der Waals surface area contributed by atoms with Crippen molar-refractivity contribution in [3.8, 4) is 16.9 Å². The third kappa shape index (κ3) is 3.54. The zero-order valence-electron chi connectivity index (χ0n) is 15.1. The highest BCUT2D eigenvalue weighted by atomic mass is 32.2. The second kappa shape index (κ2) is 7.47. The summed E-state index contributed by atoms with van der Waals surface area (Å²) in [6, 6.07) is 3.24. The maximum Gasteiger partial charge on any atom is 0.200 e. The van der Waals surface area contributed by atoms with Crippen LogP contribution in [0.15, 0.2) is 12.1 Å². The second-order valence-electron chi connectivity index (χ2n) is 6.84. The molecule has 0 radical (unpaired) electrons. The van der Waals surface area contributed by atoms with Crippen molar-refractivity contribution in [3.05, 3.63) is 52.3 Å². The van der Waals surface area contributed by atoms with Crippen molar-refractivity contribution in [1.82, 2.24) is 0 Å². The van der Waals surface area contributed by atoms with Gasteiger partial charge in [-0.15, -0.1) is 0 Å². The van der Waals surface area contributed by atoms with Crippen LogP contribution in [0, 0.1) is 29.1 Å². The summed E-state index contributed by atoms with van der Waals surface area (Å²) in [5, 5.41) is 0. The second-order valence-corrected chi connectivity index (χ2v) is 7.71. The molecule has 26 heavy (non-hydrogen) atoms. The number of rotatable bonds is 4. The van der Waals surface area contributed by atoms with Crippen LogP contribution in [0.25, 0.3) is 11.1 Å². The van der Waals surface area contributed by atoms with Crippen molar-refractivity contribution in [3.63, 3.8) is 0 Å². The number of thioether (sulfide) groups is 1. The van der Waals surface area contributed by atoms with E-state index in [-0.39, 0.29) is 11.3 Å². The summed E-state index contributed by atoms with van der Waals surface area (Å²) in [5.41, 5.74) is -0.228. The molecule has 142 valence electrons. The number of benzene rings is 2. The van der Waals surface area contributed by atoms with Crippen LogP contribution in [0.5, 0.6) is 5.75 Å². The van der Waals surface area contributed by atoms with Crippen LogP contribution < -0.4 is 4.74 Å². The molecule has 2 aromatic carbocycles. The molecule has 2 rings (SSSR count). The number of methoxy groups -OCH3 is 1. The first-order valence-electron chi connectivity index (χ1n) is 7.76. The molecule has 7 heteroatoms. The maximum absolute atomic E-state index is 14.4. The van der Waals surface area contributed by atoms with Crippen molar-refractivity contribution >= 4 is 11.8 Å². The molecule has 0 heterocycles. The van der Waals surface area contributed by atoms with E-state index in [1.807, 2.05) is 33.1 Å². The van der Waals surface area contributed by atoms with Gasteiger partial charge in [-0.1, -0.05) is 26.8 Å². The van der Waals surface area contributed by atoms with Gasteiger partial charge in [0, 0.05) is 16.9 Å². The number of hydrogen-bond acceptors (Lipinski definition) is 2. The van der Waals surface area contributed by atoms with Gasteiger partial charge in [0.05, 0.1) is 12.7 Å². The zero-order chi connectivity index (χ0) is 19.8. The van der Waals surface area contributed by atoms with Crippen LogP contribution in [-0.4, -0.2) is 13.4 Å². The third-order valence-electron chi connectivity index (χ3n) is 4.01.